The molecule has 1 aliphatic carbocycles. The average Bonchev–Trinajstić information content (AvgIpc) is 2.58. The first-order valence-corrected chi connectivity index (χ1v) is 7.76. The quantitative estimate of drug-likeness (QED) is 0.748. The van der Waals surface area contributed by atoms with Crippen molar-refractivity contribution < 1.29 is 14.1 Å². The van der Waals surface area contributed by atoms with Gasteiger partial charge in [-0.1, -0.05) is 17.7 Å². The van der Waals surface area contributed by atoms with Gasteiger partial charge in [0.1, 0.15) is 5.78 Å². The van der Waals surface area contributed by atoms with Gasteiger partial charge in [-0.05, 0) is 51.3 Å². The van der Waals surface area contributed by atoms with E-state index >= 15 is 0 Å². The number of carbonyl (C=O) groups excluding carboxylic acids is 1. The second kappa shape index (κ2) is 4.84. The van der Waals surface area contributed by atoms with Crippen molar-refractivity contribution in [2.24, 2.45) is 0 Å². The lowest BCUT2D eigenvalue weighted by Gasteiger charge is -2.32. The zero-order valence-electron chi connectivity index (χ0n) is 13.0. The highest BCUT2D eigenvalue weighted by Crippen LogP contribution is 2.38. The summed E-state index contributed by atoms with van der Waals surface area (Å²) in [4.78, 5) is 11.7. The van der Waals surface area contributed by atoms with Gasteiger partial charge >= 0.3 is 7.12 Å². The number of halogens is 1. The zero-order chi connectivity index (χ0) is 15.4. The Morgan fingerprint density at radius 1 is 1.10 bits per heavy atom. The highest BCUT2D eigenvalue weighted by molar-refractivity contribution is 6.66. The molecule has 0 spiro atoms. The third kappa shape index (κ3) is 2.43. The Bertz CT molecular complexity index is 594. The van der Waals surface area contributed by atoms with E-state index in [0.29, 0.717) is 24.3 Å². The minimum absolute atomic E-state index is 0.282. The standard InChI is InChI=1S/C16H20BClO3/c1-15(2)16(3,4)21-17(20-15)14-12-7-6-11(19)9-10(12)5-8-13(14)18/h5,8H,6-7,9H2,1-4H3. The summed E-state index contributed by atoms with van der Waals surface area (Å²) in [7, 11) is -0.467. The molecule has 0 radical (unpaired) electrons. The third-order valence-electron chi connectivity index (χ3n) is 4.93. The minimum Gasteiger partial charge on any atom is -0.399 e. The molecule has 3 nitrogen and oxygen atoms in total. The maximum Gasteiger partial charge on any atom is 0.496 e. The predicted molar refractivity (Wildman–Crippen MR) is 84.2 cm³/mol. The minimum atomic E-state index is -0.467. The Labute approximate surface area is 131 Å². The molecular weight excluding hydrogens is 286 g/mol. The van der Waals surface area contributed by atoms with Crippen LogP contribution >= 0.6 is 11.6 Å². The first-order valence-electron chi connectivity index (χ1n) is 7.39. The zero-order valence-corrected chi connectivity index (χ0v) is 13.7. The van der Waals surface area contributed by atoms with E-state index in [0.717, 1.165) is 16.6 Å². The maximum absolute atomic E-state index is 11.7. The van der Waals surface area contributed by atoms with E-state index < -0.39 is 18.3 Å². The summed E-state index contributed by atoms with van der Waals surface area (Å²) in [5, 5.41) is 0.654. The molecule has 3 rings (SSSR count). The molecule has 0 N–H and O–H groups in total. The fourth-order valence-electron chi connectivity index (χ4n) is 2.92. The van der Waals surface area contributed by atoms with Crippen LogP contribution in [0.4, 0.5) is 0 Å². The van der Waals surface area contributed by atoms with Gasteiger partial charge in [0.2, 0.25) is 0 Å². The molecule has 5 heteroatoms. The van der Waals surface area contributed by atoms with E-state index in [1.165, 1.54) is 0 Å². The van der Waals surface area contributed by atoms with E-state index in [9.17, 15) is 4.79 Å². The summed E-state index contributed by atoms with van der Waals surface area (Å²) in [6, 6.07) is 3.79. The Morgan fingerprint density at radius 2 is 1.71 bits per heavy atom. The summed E-state index contributed by atoms with van der Waals surface area (Å²) in [5.41, 5.74) is 2.30. The Morgan fingerprint density at radius 3 is 2.33 bits per heavy atom. The average molecular weight is 307 g/mol. The van der Waals surface area contributed by atoms with Crippen LogP contribution in [0.3, 0.4) is 0 Å². The lowest BCUT2D eigenvalue weighted by atomic mass is 9.71. The number of benzene rings is 1. The second-order valence-corrected chi connectivity index (χ2v) is 7.31. The van der Waals surface area contributed by atoms with Gasteiger partial charge in [0, 0.05) is 23.3 Å². The lowest BCUT2D eigenvalue weighted by molar-refractivity contribution is -0.118. The number of hydrogen-bond acceptors (Lipinski definition) is 3. The number of fused-ring (bicyclic) bond motifs is 1. The molecule has 1 fully saturated rings. The molecule has 1 aromatic rings. The molecule has 1 heterocycles. The van der Waals surface area contributed by atoms with Crippen molar-refractivity contribution in [1.82, 2.24) is 0 Å². The van der Waals surface area contributed by atoms with Crippen LogP contribution in [0.15, 0.2) is 12.1 Å². The Balaban J connectivity index is 2.04. The van der Waals surface area contributed by atoms with E-state index in [4.69, 9.17) is 20.9 Å². The first-order chi connectivity index (χ1) is 9.71. The van der Waals surface area contributed by atoms with Crippen molar-refractivity contribution in [2.45, 2.75) is 58.2 Å². The van der Waals surface area contributed by atoms with Gasteiger partial charge in [0.25, 0.3) is 0 Å². The van der Waals surface area contributed by atoms with E-state index in [2.05, 4.69) is 0 Å². The summed E-state index contributed by atoms with van der Waals surface area (Å²) in [6.07, 6.45) is 1.77. The monoisotopic (exact) mass is 306 g/mol. The molecule has 21 heavy (non-hydrogen) atoms. The van der Waals surface area contributed by atoms with Crippen LogP contribution in [-0.2, 0) is 26.9 Å². The van der Waals surface area contributed by atoms with Crippen LogP contribution in [0.1, 0.15) is 45.2 Å². The fourth-order valence-corrected chi connectivity index (χ4v) is 3.19. The fraction of sp³-hybridized carbons (Fsp3) is 0.562. The molecular formula is C16H20BClO3. The van der Waals surface area contributed by atoms with Crippen molar-refractivity contribution >= 4 is 30.0 Å². The number of ketones is 1. The van der Waals surface area contributed by atoms with Crippen molar-refractivity contribution in [3.63, 3.8) is 0 Å². The molecule has 0 aromatic heterocycles. The molecule has 112 valence electrons. The van der Waals surface area contributed by atoms with E-state index in [1.807, 2.05) is 39.8 Å². The topological polar surface area (TPSA) is 35.5 Å². The van der Waals surface area contributed by atoms with Crippen molar-refractivity contribution in [3.05, 3.63) is 28.3 Å². The van der Waals surface area contributed by atoms with Gasteiger partial charge in [-0.25, -0.2) is 0 Å². The summed E-state index contributed by atoms with van der Waals surface area (Å²) in [5.74, 6) is 0.282. The number of carbonyl (C=O) groups is 1. The van der Waals surface area contributed by atoms with E-state index in [-0.39, 0.29) is 5.78 Å². The molecule has 0 amide bonds. The van der Waals surface area contributed by atoms with Gasteiger partial charge in [-0.2, -0.15) is 0 Å². The van der Waals surface area contributed by atoms with Crippen LogP contribution in [0.5, 0.6) is 0 Å². The molecule has 1 saturated heterocycles. The number of rotatable bonds is 1. The van der Waals surface area contributed by atoms with Crippen LogP contribution in [0.2, 0.25) is 5.02 Å². The molecule has 0 unspecified atom stereocenters. The van der Waals surface area contributed by atoms with Crippen LogP contribution in [0, 0.1) is 0 Å². The molecule has 1 aromatic carbocycles. The van der Waals surface area contributed by atoms with Crippen molar-refractivity contribution in [2.75, 3.05) is 0 Å². The summed E-state index contributed by atoms with van der Waals surface area (Å²) >= 11 is 6.42. The molecule has 0 saturated carbocycles. The van der Waals surface area contributed by atoms with Gasteiger partial charge in [0.15, 0.2) is 0 Å². The Hall–Kier alpha value is -0.835. The number of Topliss-reactive ketones (excluding diaryl/α,β-unsaturated/α-hetero) is 1. The van der Waals surface area contributed by atoms with Gasteiger partial charge < -0.3 is 9.31 Å². The molecule has 1 aliphatic heterocycles. The second-order valence-electron chi connectivity index (χ2n) is 6.90. The van der Waals surface area contributed by atoms with Crippen LogP contribution in [-0.4, -0.2) is 24.1 Å². The highest BCUT2D eigenvalue weighted by Gasteiger charge is 2.53. The van der Waals surface area contributed by atoms with Crippen LogP contribution < -0.4 is 5.46 Å². The smallest absolute Gasteiger partial charge is 0.399 e. The normalized spacial score (nSPS) is 23.3. The SMILES string of the molecule is CC1(C)OB(c2c(Cl)ccc3c2CCC(=O)C3)OC1(C)C. The number of hydrogen-bond donors (Lipinski definition) is 0. The van der Waals surface area contributed by atoms with Gasteiger partial charge in [-0.15, -0.1) is 0 Å². The molecule has 2 aliphatic rings. The third-order valence-corrected chi connectivity index (χ3v) is 5.26. The predicted octanol–water partition coefficient (Wildman–Crippen LogP) is 2.70. The van der Waals surface area contributed by atoms with Crippen molar-refractivity contribution in [1.29, 1.82) is 0 Å². The van der Waals surface area contributed by atoms with Gasteiger partial charge in [-0.3, -0.25) is 4.79 Å². The van der Waals surface area contributed by atoms with Crippen molar-refractivity contribution in [3.8, 4) is 0 Å². The maximum atomic E-state index is 11.7. The molecule has 0 atom stereocenters. The van der Waals surface area contributed by atoms with Gasteiger partial charge in [0.05, 0.1) is 11.2 Å². The van der Waals surface area contributed by atoms with E-state index in [1.54, 1.807) is 0 Å². The largest absolute Gasteiger partial charge is 0.496 e. The van der Waals surface area contributed by atoms with Crippen LogP contribution in [0.25, 0.3) is 0 Å². The molecule has 0 bridgehead atoms. The first kappa shape index (κ1) is 15.1. The Kier molecular flexibility index (Phi) is 3.47. The summed E-state index contributed by atoms with van der Waals surface area (Å²) < 4.78 is 12.3. The lowest BCUT2D eigenvalue weighted by Crippen LogP contribution is -2.41. The summed E-state index contributed by atoms with van der Waals surface area (Å²) in [6.45, 7) is 8.11. The highest BCUT2D eigenvalue weighted by atomic mass is 35.5.